The van der Waals surface area contributed by atoms with Crippen molar-refractivity contribution in [1.29, 1.82) is 0 Å². The quantitative estimate of drug-likeness (QED) is 0.179. The van der Waals surface area contributed by atoms with Crippen molar-refractivity contribution in [3.63, 3.8) is 0 Å². The molecule has 3 aromatic heterocycles. The van der Waals surface area contributed by atoms with E-state index in [0.717, 1.165) is 89.4 Å². The van der Waals surface area contributed by atoms with Gasteiger partial charge in [0.15, 0.2) is 0 Å². The summed E-state index contributed by atoms with van der Waals surface area (Å²) in [5.41, 5.74) is 16.2. The molecule has 50 heavy (non-hydrogen) atoms. The third kappa shape index (κ3) is 5.93. The number of hydrogen-bond acceptors (Lipinski definition) is 2. The van der Waals surface area contributed by atoms with Crippen LogP contribution in [0.2, 0.25) is 0 Å². The molecule has 7 aromatic rings. The Bertz CT molecular complexity index is 2190. The first-order chi connectivity index (χ1) is 24.8. The van der Waals surface area contributed by atoms with Gasteiger partial charge >= 0.3 is 25.2 Å². The summed E-state index contributed by atoms with van der Waals surface area (Å²) < 4.78 is 0. The van der Waals surface area contributed by atoms with Gasteiger partial charge in [-0.05, 0) is 70.8 Å². The van der Waals surface area contributed by atoms with E-state index in [1.165, 1.54) is 0 Å². The van der Waals surface area contributed by atoms with Gasteiger partial charge in [-0.15, -0.1) is 0 Å². The number of aromatic nitrogens is 4. The molecule has 4 aromatic carbocycles. The molecule has 2 N–H and O–H groups in total. The standard InChI is InChI=1S/C44H30N4.ClH.Mn/c1-5-13-29(14-6-1)41-33-21-23-35(45-33)42(30-15-7-2-8-16-30)37-25-27-39(47-37)44(32-19-11-4-12-20-32)40-28-26-38(48-40)43(31-17-9-3-10-18-31)36-24-22-34(41)46-36;;/h1-28,45,48H;1H;/q;;+1/p-1. The molecule has 0 saturated carbocycles. The first-order valence-corrected chi connectivity index (χ1v) is 17.9. The molecule has 5 heterocycles. The van der Waals surface area contributed by atoms with Crippen LogP contribution >= 0.6 is 10.1 Å². The van der Waals surface area contributed by atoms with Crippen LogP contribution in [0.1, 0.15) is 22.8 Å². The maximum atomic E-state index is 5.35. The summed E-state index contributed by atoms with van der Waals surface area (Å²) in [6, 6.07) is 50.7. The van der Waals surface area contributed by atoms with Crippen LogP contribution < -0.4 is 0 Å². The van der Waals surface area contributed by atoms with Crippen molar-refractivity contribution in [2.45, 2.75) is 0 Å². The number of fused-ring (bicyclic) bond motifs is 8. The van der Waals surface area contributed by atoms with E-state index in [1.807, 2.05) is 24.3 Å². The van der Waals surface area contributed by atoms with Crippen LogP contribution in [0.5, 0.6) is 0 Å². The third-order valence-electron chi connectivity index (χ3n) is 9.00. The average molecular weight is 705 g/mol. The molecule has 2 aliphatic heterocycles. The van der Waals surface area contributed by atoms with E-state index in [-0.39, 0.29) is 0 Å². The molecular formula is C44H30ClMnN4. The van der Waals surface area contributed by atoms with Crippen LogP contribution in [0.15, 0.2) is 146 Å². The van der Waals surface area contributed by atoms with E-state index in [9.17, 15) is 0 Å². The number of H-pyrrole nitrogens is 2. The van der Waals surface area contributed by atoms with Crippen LogP contribution in [-0.2, 0) is 15.1 Å². The zero-order valence-electron chi connectivity index (χ0n) is 26.8. The second-order valence-corrected chi connectivity index (χ2v) is 12.0. The molecule has 0 atom stereocenters. The number of halogens is 1. The number of rotatable bonds is 4. The molecule has 0 radical (unpaired) electrons. The fourth-order valence-corrected chi connectivity index (χ4v) is 6.84. The predicted octanol–water partition coefficient (Wildman–Crippen LogP) is 12.0. The SMILES string of the molecule is C1=Cc2nc1c(-c1ccccc1)c1ccc([nH]1)c(-c1ccccc1)c1nc(c(-c3ccccc3)c3ccc([nH]3)c2-c2ccccc2)C=C1.[Cl][Mn]. The Morgan fingerprint density at radius 1 is 0.320 bits per heavy atom. The van der Waals surface area contributed by atoms with Gasteiger partial charge in [0.25, 0.3) is 0 Å². The topological polar surface area (TPSA) is 57.4 Å². The Kier molecular flexibility index (Phi) is 8.85. The second-order valence-electron chi connectivity index (χ2n) is 12.0. The van der Waals surface area contributed by atoms with Gasteiger partial charge in [0.05, 0.1) is 22.8 Å². The molecule has 9 rings (SSSR count). The molecule has 0 spiro atoms. The van der Waals surface area contributed by atoms with E-state index < -0.39 is 0 Å². The van der Waals surface area contributed by atoms with Gasteiger partial charge in [-0.1, -0.05) is 121 Å². The van der Waals surface area contributed by atoms with Crippen molar-refractivity contribution in [1.82, 2.24) is 19.9 Å². The van der Waals surface area contributed by atoms with E-state index in [4.69, 9.17) is 9.97 Å². The van der Waals surface area contributed by atoms with Crippen molar-refractivity contribution >= 4 is 56.5 Å². The van der Waals surface area contributed by atoms with Gasteiger partial charge in [0, 0.05) is 44.3 Å². The fourth-order valence-electron chi connectivity index (χ4n) is 6.84. The van der Waals surface area contributed by atoms with Gasteiger partial charge in [0.2, 0.25) is 0 Å². The van der Waals surface area contributed by atoms with E-state index in [1.54, 1.807) is 0 Å². The number of nitrogens with one attached hydrogen (secondary N) is 2. The minimum atomic E-state index is 0.906. The van der Waals surface area contributed by atoms with Crippen LogP contribution in [0, 0.1) is 0 Å². The number of aromatic amines is 2. The fraction of sp³-hybridized carbons (Fsp3) is 0. The first kappa shape index (κ1) is 31.6. The molecule has 0 saturated heterocycles. The number of benzene rings is 4. The van der Waals surface area contributed by atoms with E-state index >= 15 is 0 Å². The van der Waals surface area contributed by atoms with E-state index in [0.29, 0.717) is 0 Å². The molecule has 0 aliphatic carbocycles. The Balaban J connectivity index is 0.00000177. The predicted molar refractivity (Wildman–Crippen MR) is 206 cm³/mol. The summed E-state index contributed by atoms with van der Waals surface area (Å²) in [6.45, 7) is 0. The number of nitrogens with zero attached hydrogens (tertiary/aromatic N) is 2. The normalized spacial score (nSPS) is 11.6. The summed E-state index contributed by atoms with van der Waals surface area (Å²) in [5.74, 6) is 0. The molecule has 2 aliphatic rings. The molecule has 0 amide bonds. The summed E-state index contributed by atoms with van der Waals surface area (Å²) in [7, 11) is 4.45. The minimum absolute atomic E-state index is 0.906. The average Bonchev–Trinajstić information content (AvgIpc) is 4.02. The van der Waals surface area contributed by atoms with Crippen molar-refractivity contribution in [2.24, 2.45) is 0 Å². The zero-order valence-corrected chi connectivity index (χ0v) is 28.8. The Labute approximate surface area is 303 Å². The first-order valence-electron chi connectivity index (χ1n) is 16.3. The summed E-state index contributed by atoms with van der Waals surface area (Å²) in [6.07, 6.45) is 8.54. The summed E-state index contributed by atoms with van der Waals surface area (Å²) in [4.78, 5) is 18.3. The van der Waals surface area contributed by atoms with Crippen molar-refractivity contribution in [3.05, 3.63) is 168 Å². The maximum absolute atomic E-state index is 5.35. The zero-order chi connectivity index (χ0) is 33.9. The third-order valence-corrected chi connectivity index (χ3v) is 9.00. The van der Waals surface area contributed by atoms with Crippen LogP contribution in [0.4, 0.5) is 0 Å². The van der Waals surface area contributed by atoms with Gasteiger partial charge in [-0.2, -0.15) is 0 Å². The van der Waals surface area contributed by atoms with Gasteiger partial charge < -0.3 is 9.97 Å². The van der Waals surface area contributed by atoms with Crippen molar-refractivity contribution < 1.29 is 15.1 Å². The van der Waals surface area contributed by atoms with Crippen molar-refractivity contribution in [3.8, 4) is 44.5 Å². The Morgan fingerprint density at radius 3 is 0.760 bits per heavy atom. The van der Waals surface area contributed by atoms with Gasteiger partial charge in [-0.25, -0.2) is 9.97 Å². The molecule has 8 bridgehead atoms. The molecule has 0 fully saturated rings. The number of hydrogen-bond donors (Lipinski definition) is 2. The molecule has 4 nitrogen and oxygen atoms in total. The Hall–Kier alpha value is -5.71. The Morgan fingerprint density at radius 2 is 0.540 bits per heavy atom. The van der Waals surface area contributed by atoms with Crippen LogP contribution in [-0.4, -0.2) is 19.9 Å². The molecule has 6 heteroatoms. The van der Waals surface area contributed by atoms with Crippen LogP contribution in [0.3, 0.4) is 0 Å². The summed E-state index contributed by atoms with van der Waals surface area (Å²) >= 11 is 2.41. The van der Waals surface area contributed by atoms with Crippen molar-refractivity contribution in [2.75, 3.05) is 0 Å². The van der Waals surface area contributed by atoms with E-state index in [2.05, 4.69) is 181 Å². The molecular weight excluding hydrogens is 675 g/mol. The van der Waals surface area contributed by atoms with Gasteiger partial charge in [0.1, 0.15) is 0 Å². The monoisotopic (exact) mass is 704 g/mol. The summed E-state index contributed by atoms with van der Waals surface area (Å²) in [5, 5.41) is 0. The van der Waals surface area contributed by atoms with Crippen LogP contribution in [0.25, 0.3) is 90.9 Å². The molecule has 0 unspecified atom stereocenters. The van der Waals surface area contributed by atoms with Gasteiger partial charge in [-0.3, -0.25) is 0 Å². The second kappa shape index (κ2) is 14.0. The molecule has 240 valence electrons.